The molecule has 3 N–H and O–H groups in total. The topological polar surface area (TPSA) is 67.6 Å². The Morgan fingerprint density at radius 3 is 3.15 bits per heavy atom. The van der Waals surface area contributed by atoms with Crippen molar-refractivity contribution < 1.29 is 9.53 Å². The van der Waals surface area contributed by atoms with Crippen LogP contribution in [0.5, 0.6) is 0 Å². The molecule has 0 aromatic rings. The largest absolute Gasteiger partial charge is 0.383 e. The van der Waals surface area contributed by atoms with Crippen LogP contribution in [0.2, 0.25) is 0 Å². The number of hydrogen-bond acceptors (Lipinski definition) is 4. The summed E-state index contributed by atoms with van der Waals surface area (Å²) in [5.74, 6) is 0.0323. The van der Waals surface area contributed by atoms with E-state index in [9.17, 15) is 4.79 Å². The van der Waals surface area contributed by atoms with Crippen molar-refractivity contribution in [3.8, 4) is 0 Å². The van der Waals surface area contributed by atoms with Gasteiger partial charge in [0.15, 0.2) is 0 Å². The minimum absolute atomic E-state index is 0.0323. The van der Waals surface area contributed by atoms with Crippen LogP contribution in [0.15, 0.2) is 0 Å². The van der Waals surface area contributed by atoms with Gasteiger partial charge in [0.2, 0.25) is 5.91 Å². The third-order valence-electron chi connectivity index (χ3n) is 2.25. The van der Waals surface area contributed by atoms with Crippen molar-refractivity contribution in [1.82, 2.24) is 10.2 Å². The number of hydrogen-bond donors (Lipinski definition) is 2. The van der Waals surface area contributed by atoms with Gasteiger partial charge < -0.3 is 15.8 Å². The number of nitrogens with zero attached hydrogens (tertiary/aromatic N) is 1. The van der Waals surface area contributed by atoms with Gasteiger partial charge in [-0.15, -0.1) is 0 Å². The fraction of sp³-hybridized carbons (Fsp3) is 0.875. The zero-order valence-corrected chi connectivity index (χ0v) is 7.95. The van der Waals surface area contributed by atoms with E-state index in [1.165, 1.54) is 0 Å². The fourth-order valence-electron chi connectivity index (χ4n) is 1.49. The van der Waals surface area contributed by atoms with Gasteiger partial charge in [0.1, 0.15) is 6.04 Å². The molecule has 13 heavy (non-hydrogen) atoms. The number of carbonyl (C=O) groups is 1. The first-order valence-electron chi connectivity index (χ1n) is 4.50. The van der Waals surface area contributed by atoms with Gasteiger partial charge in [-0.3, -0.25) is 9.69 Å². The fourth-order valence-corrected chi connectivity index (χ4v) is 1.49. The van der Waals surface area contributed by atoms with Crippen LogP contribution in [0.3, 0.4) is 0 Å². The lowest BCUT2D eigenvalue weighted by atomic mass is 10.2. The first-order chi connectivity index (χ1) is 6.29. The van der Waals surface area contributed by atoms with Crippen molar-refractivity contribution in [1.29, 1.82) is 0 Å². The van der Waals surface area contributed by atoms with Gasteiger partial charge in [0.25, 0.3) is 0 Å². The maximum Gasteiger partial charge on any atom is 0.238 e. The molecule has 0 spiro atoms. The molecule has 1 atom stereocenters. The maximum atomic E-state index is 11.3. The molecule has 1 rings (SSSR count). The SMILES string of the molecule is COCCN1CCNC(=O)C1CN. The van der Waals surface area contributed by atoms with E-state index in [0.717, 1.165) is 13.1 Å². The summed E-state index contributed by atoms with van der Waals surface area (Å²) in [6.07, 6.45) is 0. The van der Waals surface area contributed by atoms with Crippen LogP contribution in [0, 0.1) is 0 Å². The maximum absolute atomic E-state index is 11.3. The molecule has 0 saturated carbocycles. The van der Waals surface area contributed by atoms with Crippen LogP contribution in [-0.2, 0) is 9.53 Å². The van der Waals surface area contributed by atoms with E-state index < -0.39 is 0 Å². The van der Waals surface area contributed by atoms with Gasteiger partial charge in [-0.05, 0) is 0 Å². The van der Waals surface area contributed by atoms with Crippen molar-refractivity contribution >= 4 is 5.91 Å². The predicted octanol–water partition coefficient (Wildman–Crippen LogP) is -1.61. The molecule has 76 valence electrons. The number of piperazine rings is 1. The Balaban J connectivity index is 2.44. The smallest absolute Gasteiger partial charge is 0.238 e. The highest BCUT2D eigenvalue weighted by atomic mass is 16.5. The lowest BCUT2D eigenvalue weighted by molar-refractivity contribution is -0.128. The second kappa shape index (κ2) is 5.16. The molecule has 1 aliphatic rings. The molecule has 1 heterocycles. The number of methoxy groups -OCH3 is 1. The van der Waals surface area contributed by atoms with Crippen LogP contribution in [0.25, 0.3) is 0 Å². The van der Waals surface area contributed by atoms with Crippen molar-refractivity contribution in [3.05, 3.63) is 0 Å². The molecule has 1 fully saturated rings. The average Bonchev–Trinajstić information content (AvgIpc) is 2.15. The van der Waals surface area contributed by atoms with Crippen molar-refractivity contribution in [2.24, 2.45) is 5.73 Å². The molecule has 0 aliphatic carbocycles. The highest BCUT2D eigenvalue weighted by molar-refractivity contribution is 5.82. The molecule has 0 bridgehead atoms. The summed E-state index contributed by atoms with van der Waals surface area (Å²) in [6.45, 7) is 3.35. The van der Waals surface area contributed by atoms with Gasteiger partial charge in [0.05, 0.1) is 6.61 Å². The Kier molecular flexibility index (Phi) is 4.14. The Morgan fingerprint density at radius 1 is 1.77 bits per heavy atom. The Labute approximate surface area is 78.2 Å². The Morgan fingerprint density at radius 2 is 2.54 bits per heavy atom. The summed E-state index contributed by atoms with van der Waals surface area (Å²) >= 11 is 0. The lowest BCUT2D eigenvalue weighted by Gasteiger charge is -2.33. The standard InChI is InChI=1S/C8H17N3O2/c1-13-5-4-11-3-2-10-8(12)7(11)6-9/h7H,2-6,9H2,1H3,(H,10,12). The van der Waals surface area contributed by atoms with E-state index in [-0.39, 0.29) is 11.9 Å². The van der Waals surface area contributed by atoms with Crippen LogP contribution >= 0.6 is 0 Å². The number of carbonyl (C=O) groups excluding carboxylic acids is 1. The third-order valence-corrected chi connectivity index (χ3v) is 2.25. The molecule has 0 aromatic heterocycles. The molecule has 1 saturated heterocycles. The monoisotopic (exact) mass is 187 g/mol. The Hall–Kier alpha value is -0.650. The third kappa shape index (κ3) is 2.65. The number of ether oxygens (including phenoxy) is 1. The lowest BCUT2D eigenvalue weighted by Crippen LogP contribution is -2.58. The molecule has 0 aromatic carbocycles. The normalized spacial score (nSPS) is 24.5. The van der Waals surface area contributed by atoms with E-state index in [1.807, 2.05) is 0 Å². The second-order valence-electron chi connectivity index (χ2n) is 3.07. The van der Waals surface area contributed by atoms with Crippen molar-refractivity contribution in [2.75, 3.05) is 39.9 Å². The van der Waals surface area contributed by atoms with Gasteiger partial charge in [-0.25, -0.2) is 0 Å². The molecule has 0 radical (unpaired) electrons. The first kappa shape index (κ1) is 10.4. The first-order valence-corrected chi connectivity index (χ1v) is 4.50. The van der Waals surface area contributed by atoms with Crippen LogP contribution in [-0.4, -0.2) is 56.7 Å². The predicted molar refractivity (Wildman–Crippen MR) is 49.3 cm³/mol. The van der Waals surface area contributed by atoms with Crippen molar-refractivity contribution in [2.45, 2.75) is 6.04 Å². The number of rotatable bonds is 4. The van der Waals surface area contributed by atoms with E-state index >= 15 is 0 Å². The van der Waals surface area contributed by atoms with E-state index in [2.05, 4.69) is 10.2 Å². The molecular weight excluding hydrogens is 170 g/mol. The summed E-state index contributed by atoms with van der Waals surface area (Å²) in [5, 5.41) is 2.79. The second-order valence-corrected chi connectivity index (χ2v) is 3.07. The highest BCUT2D eigenvalue weighted by Crippen LogP contribution is 2.02. The Bertz CT molecular complexity index is 175. The summed E-state index contributed by atoms with van der Waals surface area (Å²) < 4.78 is 4.96. The zero-order chi connectivity index (χ0) is 9.68. The highest BCUT2D eigenvalue weighted by Gasteiger charge is 2.27. The molecule has 1 amide bonds. The molecule has 1 aliphatic heterocycles. The van der Waals surface area contributed by atoms with E-state index in [0.29, 0.717) is 19.7 Å². The zero-order valence-electron chi connectivity index (χ0n) is 7.95. The quantitative estimate of drug-likeness (QED) is 0.556. The molecule has 5 heteroatoms. The minimum Gasteiger partial charge on any atom is -0.383 e. The minimum atomic E-state index is -0.177. The van der Waals surface area contributed by atoms with Crippen molar-refractivity contribution in [3.63, 3.8) is 0 Å². The summed E-state index contributed by atoms with van der Waals surface area (Å²) in [6, 6.07) is -0.177. The number of amides is 1. The average molecular weight is 187 g/mol. The molecule has 5 nitrogen and oxygen atoms in total. The summed E-state index contributed by atoms with van der Waals surface area (Å²) in [5.41, 5.74) is 5.51. The summed E-state index contributed by atoms with van der Waals surface area (Å²) in [4.78, 5) is 13.4. The number of nitrogens with two attached hydrogens (primary N) is 1. The van der Waals surface area contributed by atoms with Crippen LogP contribution in [0.1, 0.15) is 0 Å². The van der Waals surface area contributed by atoms with Gasteiger partial charge in [-0.2, -0.15) is 0 Å². The van der Waals surface area contributed by atoms with E-state index in [4.69, 9.17) is 10.5 Å². The van der Waals surface area contributed by atoms with Gasteiger partial charge >= 0.3 is 0 Å². The van der Waals surface area contributed by atoms with Gasteiger partial charge in [0, 0.05) is 33.3 Å². The van der Waals surface area contributed by atoms with E-state index in [1.54, 1.807) is 7.11 Å². The van der Waals surface area contributed by atoms with Crippen LogP contribution in [0.4, 0.5) is 0 Å². The summed E-state index contributed by atoms with van der Waals surface area (Å²) in [7, 11) is 1.65. The molecule has 1 unspecified atom stereocenters. The number of nitrogens with one attached hydrogen (secondary N) is 1. The molecular formula is C8H17N3O2. The van der Waals surface area contributed by atoms with Gasteiger partial charge in [-0.1, -0.05) is 0 Å². The van der Waals surface area contributed by atoms with Crippen LogP contribution < -0.4 is 11.1 Å².